The Bertz CT molecular complexity index is 749. The van der Waals surface area contributed by atoms with E-state index in [0.29, 0.717) is 17.0 Å². The van der Waals surface area contributed by atoms with Crippen LogP contribution in [0.1, 0.15) is 10.4 Å². The number of amides is 1. The number of phenolic OH excluding ortho intramolecular Hbond substituents is 1. The number of oxazole rings is 1. The Hall–Kier alpha value is -3.08. The molecule has 5 heteroatoms. The maximum Gasteiger partial charge on any atom is 0.255 e. The van der Waals surface area contributed by atoms with E-state index in [2.05, 4.69) is 10.3 Å². The zero-order chi connectivity index (χ0) is 14.7. The quantitative estimate of drug-likeness (QED) is 0.722. The lowest BCUT2D eigenvalue weighted by Gasteiger charge is -2.07. The number of carbonyl (C=O) groups is 1. The molecule has 0 spiro atoms. The van der Waals surface area contributed by atoms with Crippen molar-refractivity contribution in [3.63, 3.8) is 0 Å². The fourth-order valence-electron chi connectivity index (χ4n) is 1.92. The first-order valence-electron chi connectivity index (χ1n) is 6.32. The van der Waals surface area contributed by atoms with Crippen molar-refractivity contribution in [2.45, 2.75) is 0 Å². The van der Waals surface area contributed by atoms with Gasteiger partial charge in [-0.05, 0) is 24.3 Å². The number of carbonyl (C=O) groups excluding carboxylic acids is 1. The number of nitrogens with zero attached hydrogens (tertiary/aromatic N) is 1. The summed E-state index contributed by atoms with van der Waals surface area (Å²) in [7, 11) is 0. The van der Waals surface area contributed by atoms with Crippen LogP contribution in [0.15, 0.2) is 65.5 Å². The van der Waals surface area contributed by atoms with Crippen LogP contribution in [0.4, 0.5) is 5.69 Å². The molecule has 0 atom stereocenters. The van der Waals surface area contributed by atoms with Gasteiger partial charge in [-0.15, -0.1) is 0 Å². The van der Waals surface area contributed by atoms with Gasteiger partial charge in [0, 0.05) is 11.1 Å². The summed E-state index contributed by atoms with van der Waals surface area (Å²) >= 11 is 0. The van der Waals surface area contributed by atoms with Gasteiger partial charge in [0.2, 0.25) is 0 Å². The molecule has 0 aliphatic rings. The van der Waals surface area contributed by atoms with Gasteiger partial charge < -0.3 is 14.8 Å². The Kier molecular flexibility index (Phi) is 3.39. The Balaban J connectivity index is 1.78. The maximum atomic E-state index is 12.1. The third kappa shape index (κ3) is 2.76. The standard InChI is InChI=1S/C16H12N2O3/c19-14-4-2-1-3-13(14)18-16(20)12-7-5-11(6-8-12)15-9-17-10-21-15/h1-10,19H,(H,18,20). The van der Waals surface area contributed by atoms with Crippen LogP contribution in [-0.2, 0) is 0 Å². The number of hydrogen-bond acceptors (Lipinski definition) is 4. The van der Waals surface area contributed by atoms with Gasteiger partial charge in [-0.3, -0.25) is 4.79 Å². The van der Waals surface area contributed by atoms with E-state index in [1.807, 2.05) is 0 Å². The zero-order valence-electron chi connectivity index (χ0n) is 11.0. The average Bonchev–Trinajstić information content (AvgIpc) is 3.04. The monoisotopic (exact) mass is 280 g/mol. The topological polar surface area (TPSA) is 75.4 Å². The van der Waals surface area contributed by atoms with Crippen molar-refractivity contribution in [1.82, 2.24) is 4.98 Å². The third-order valence-electron chi connectivity index (χ3n) is 3.02. The molecule has 0 fully saturated rings. The van der Waals surface area contributed by atoms with Gasteiger partial charge in [0.25, 0.3) is 5.91 Å². The molecule has 1 aromatic heterocycles. The first-order valence-corrected chi connectivity index (χ1v) is 6.32. The fourth-order valence-corrected chi connectivity index (χ4v) is 1.92. The number of phenols is 1. The molecule has 3 rings (SSSR count). The minimum atomic E-state index is -0.291. The van der Waals surface area contributed by atoms with E-state index in [1.165, 1.54) is 12.5 Å². The van der Waals surface area contributed by atoms with Crippen molar-refractivity contribution in [2.24, 2.45) is 0 Å². The van der Waals surface area contributed by atoms with E-state index >= 15 is 0 Å². The number of hydrogen-bond donors (Lipinski definition) is 2. The number of nitrogens with one attached hydrogen (secondary N) is 1. The second-order valence-electron chi connectivity index (χ2n) is 4.41. The number of benzene rings is 2. The number of para-hydroxylation sites is 2. The summed E-state index contributed by atoms with van der Waals surface area (Å²) in [4.78, 5) is 16.0. The van der Waals surface area contributed by atoms with E-state index in [-0.39, 0.29) is 11.7 Å². The molecule has 104 valence electrons. The Morgan fingerprint density at radius 3 is 2.52 bits per heavy atom. The second kappa shape index (κ2) is 5.50. The van der Waals surface area contributed by atoms with Crippen molar-refractivity contribution in [1.29, 1.82) is 0 Å². The van der Waals surface area contributed by atoms with Gasteiger partial charge in [-0.25, -0.2) is 4.98 Å². The summed E-state index contributed by atoms with van der Waals surface area (Å²) in [6.07, 6.45) is 2.96. The second-order valence-corrected chi connectivity index (χ2v) is 4.41. The zero-order valence-corrected chi connectivity index (χ0v) is 11.0. The van der Waals surface area contributed by atoms with Crippen molar-refractivity contribution in [3.8, 4) is 17.1 Å². The van der Waals surface area contributed by atoms with Crippen LogP contribution in [0.25, 0.3) is 11.3 Å². The van der Waals surface area contributed by atoms with Crippen LogP contribution in [0, 0.1) is 0 Å². The average molecular weight is 280 g/mol. The predicted octanol–water partition coefficient (Wildman–Crippen LogP) is 3.30. The Labute approximate surface area is 120 Å². The summed E-state index contributed by atoms with van der Waals surface area (Å²) in [5, 5.41) is 12.3. The van der Waals surface area contributed by atoms with Crippen LogP contribution in [0.3, 0.4) is 0 Å². The van der Waals surface area contributed by atoms with Gasteiger partial charge in [-0.2, -0.15) is 0 Å². The van der Waals surface area contributed by atoms with Gasteiger partial charge in [0.1, 0.15) is 5.75 Å². The number of aromatic nitrogens is 1. The van der Waals surface area contributed by atoms with E-state index in [9.17, 15) is 9.90 Å². The molecule has 0 bridgehead atoms. The lowest BCUT2D eigenvalue weighted by atomic mass is 10.1. The molecule has 0 aliphatic carbocycles. The summed E-state index contributed by atoms with van der Waals surface area (Å²) < 4.78 is 5.19. The highest BCUT2D eigenvalue weighted by molar-refractivity contribution is 6.05. The highest BCUT2D eigenvalue weighted by atomic mass is 16.3. The highest BCUT2D eigenvalue weighted by Crippen LogP contribution is 2.23. The Morgan fingerprint density at radius 1 is 1.10 bits per heavy atom. The molecule has 2 aromatic carbocycles. The van der Waals surface area contributed by atoms with Gasteiger partial charge in [-0.1, -0.05) is 24.3 Å². The van der Waals surface area contributed by atoms with Gasteiger partial charge in [0.05, 0.1) is 11.9 Å². The lowest BCUT2D eigenvalue weighted by Crippen LogP contribution is -2.11. The molecule has 0 saturated heterocycles. The molecule has 0 radical (unpaired) electrons. The van der Waals surface area contributed by atoms with Crippen molar-refractivity contribution in [2.75, 3.05) is 5.32 Å². The Morgan fingerprint density at radius 2 is 1.86 bits per heavy atom. The SMILES string of the molecule is O=C(Nc1ccccc1O)c1ccc(-c2cnco2)cc1. The van der Waals surface area contributed by atoms with Crippen molar-refractivity contribution < 1.29 is 14.3 Å². The number of anilines is 1. The number of aromatic hydroxyl groups is 1. The van der Waals surface area contributed by atoms with Crippen LogP contribution in [0.2, 0.25) is 0 Å². The predicted molar refractivity (Wildman–Crippen MR) is 78.0 cm³/mol. The largest absolute Gasteiger partial charge is 0.506 e. The van der Waals surface area contributed by atoms with Crippen LogP contribution >= 0.6 is 0 Å². The molecule has 0 aliphatic heterocycles. The molecule has 0 saturated carbocycles. The van der Waals surface area contributed by atoms with E-state index < -0.39 is 0 Å². The minimum Gasteiger partial charge on any atom is -0.506 e. The van der Waals surface area contributed by atoms with E-state index in [0.717, 1.165) is 5.56 Å². The molecule has 1 amide bonds. The number of rotatable bonds is 3. The van der Waals surface area contributed by atoms with Crippen molar-refractivity contribution in [3.05, 3.63) is 66.7 Å². The van der Waals surface area contributed by atoms with Crippen LogP contribution in [-0.4, -0.2) is 16.0 Å². The minimum absolute atomic E-state index is 0.0316. The smallest absolute Gasteiger partial charge is 0.255 e. The lowest BCUT2D eigenvalue weighted by molar-refractivity contribution is 0.102. The molecule has 1 heterocycles. The molecule has 3 aromatic rings. The first-order chi connectivity index (χ1) is 10.2. The molecule has 5 nitrogen and oxygen atoms in total. The summed E-state index contributed by atoms with van der Waals surface area (Å²) in [6, 6.07) is 13.5. The van der Waals surface area contributed by atoms with Crippen molar-refractivity contribution >= 4 is 11.6 Å². The summed E-state index contributed by atoms with van der Waals surface area (Å²) in [5.41, 5.74) is 1.70. The molecule has 0 unspecified atom stereocenters. The van der Waals surface area contributed by atoms with Gasteiger partial charge in [0.15, 0.2) is 12.2 Å². The molecular weight excluding hydrogens is 268 g/mol. The molecular formula is C16H12N2O3. The molecule has 21 heavy (non-hydrogen) atoms. The summed E-state index contributed by atoms with van der Waals surface area (Å²) in [5.74, 6) is 0.382. The van der Waals surface area contributed by atoms with E-state index in [1.54, 1.807) is 48.7 Å². The molecule has 2 N–H and O–H groups in total. The van der Waals surface area contributed by atoms with Crippen LogP contribution in [0.5, 0.6) is 5.75 Å². The summed E-state index contributed by atoms with van der Waals surface area (Å²) in [6.45, 7) is 0. The maximum absolute atomic E-state index is 12.1. The van der Waals surface area contributed by atoms with E-state index in [4.69, 9.17) is 4.42 Å². The fraction of sp³-hybridized carbons (Fsp3) is 0. The van der Waals surface area contributed by atoms with Crippen LogP contribution < -0.4 is 5.32 Å². The first kappa shape index (κ1) is 12.9. The highest BCUT2D eigenvalue weighted by Gasteiger charge is 2.09. The van der Waals surface area contributed by atoms with Gasteiger partial charge >= 0.3 is 0 Å². The normalized spacial score (nSPS) is 10.3. The third-order valence-corrected chi connectivity index (χ3v) is 3.02.